The fraction of sp³-hybridized carbons (Fsp3) is 0.476. The van der Waals surface area contributed by atoms with Crippen LogP contribution in [0, 0.1) is 12.7 Å². The number of aryl methyl sites for hydroxylation is 1. The van der Waals surface area contributed by atoms with Gasteiger partial charge >= 0.3 is 0 Å². The van der Waals surface area contributed by atoms with Gasteiger partial charge in [-0.15, -0.1) is 0 Å². The number of aromatic nitrogens is 2. The average Bonchev–Trinajstić information content (AvgIpc) is 3.14. The Labute approximate surface area is 159 Å². The lowest BCUT2D eigenvalue weighted by molar-refractivity contribution is 0.0616. The van der Waals surface area contributed by atoms with Gasteiger partial charge in [0.2, 0.25) is 0 Å². The Morgan fingerprint density at radius 1 is 1.22 bits per heavy atom. The molecule has 2 aliphatic heterocycles. The van der Waals surface area contributed by atoms with Gasteiger partial charge in [0, 0.05) is 36.7 Å². The minimum absolute atomic E-state index is 0.00982. The SMILES string of the molecule is Cc1ncc(C(=O)N2CCCC23CN(c2cccc(F)c2)C(C)(C)C3)cn1. The summed E-state index contributed by atoms with van der Waals surface area (Å²) < 4.78 is 13.8. The fourth-order valence-corrected chi connectivity index (χ4v) is 4.81. The first kappa shape index (κ1) is 17.9. The standard InChI is InChI=1S/C21H25FN4O/c1-15-23-11-16(12-24-15)19(27)25-9-5-8-21(25)13-20(2,3)26(14-21)18-7-4-6-17(22)10-18/h4,6-7,10-12H,5,8-9,13-14H2,1-3H3. The molecule has 3 heterocycles. The van der Waals surface area contributed by atoms with Crippen molar-refractivity contribution in [3.05, 3.63) is 53.9 Å². The van der Waals surface area contributed by atoms with E-state index in [0.717, 1.165) is 31.5 Å². The third kappa shape index (κ3) is 3.07. The van der Waals surface area contributed by atoms with Gasteiger partial charge in [0.1, 0.15) is 11.6 Å². The zero-order chi connectivity index (χ0) is 19.2. The quantitative estimate of drug-likeness (QED) is 0.813. The molecular formula is C21H25FN4O. The van der Waals surface area contributed by atoms with Crippen LogP contribution in [0.4, 0.5) is 10.1 Å². The van der Waals surface area contributed by atoms with Crippen LogP contribution in [0.5, 0.6) is 0 Å². The summed E-state index contributed by atoms with van der Waals surface area (Å²) in [7, 11) is 0. The second kappa shape index (κ2) is 6.29. The molecule has 5 nitrogen and oxygen atoms in total. The number of rotatable bonds is 2. The van der Waals surface area contributed by atoms with Crippen molar-refractivity contribution in [3.63, 3.8) is 0 Å². The summed E-state index contributed by atoms with van der Waals surface area (Å²) in [5.74, 6) is 0.409. The van der Waals surface area contributed by atoms with Crippen molar-refractivity contribution in [2.45, 2.75) is 51.1 Å². The van der Waals surface area contributed by atoms with Crippen molar-refractivity contribution < 1.29 is 9.18 Å². The first-order valence-electron chi connectivity index (χ1n) is 9.45. The molecule has 0 aliphatic carbocycles. The topological polar surface area (TPSA) is 49.3 Å². The van der Waals surface area contributed by atoms with Gasteiger partial charge < -0.3 is 9.80 Å². The molecule has 1 spiro atoms. The Bertz CT molecular complexity index is 867. The van der Waals surface area contributed by atoms with E-state index in [2.05, 4.69) is 28.7 Å². The lowest BCUT2D eigenvalue weighted by Gasteiger charge is -2.35. The predicted molar refractivity (Wildman–Crippen MR) is 102 cm³/mol. The highest BCUT2D eigenvalue weighted by Crippen LogP contribution is 2.47. The Morgan fingerprint density at radius 2 is 1.96 bits per heavy atom. The lowest BCUT2D eigenvalue weighted by Crippen LogP contribution is -2.49. The monoisotopic (exact) mass is 368 g/mol. The van der Waals surface area contributed by atoms with Gasteiger partial charge in [0.25, 0.3) is 5.91 Å². The number of carbonyl (C=O) groups excluding carboxylic acids is 1. The number of hydrogen-bond acceptors (Lipinski definition) is 4. The highest BCUT2D eigenvalue weighted by Gasteiger charge is 2.55. The van der Waals surface area contributed by atoms with Crippen molar-refractivity contribution >= 4 is 11.6 Å². The second-order valence-corrected chi connectivity index (χ2v) is 8.36. The minimum atomic E-state index is -0.238. The Hall–Kier alpha value is -2.50. The maximum Gasteiger partial charge on any atom is 0.257 e. The molecule has 2 aliphatic rings. The first-order chi connectivity index (χ1) is 12.8. The molecule has 0 bridgehead atoms. The minimum Gasteiger partial charge on any atom is -0.364 e. The predicted octanol–water partition coefficient (Wildman–Crippen LogP) is 3.59. The maximum atomic E-state index is 13.8. The van der Waals surface area contributed by atoms with Gasteiger partial charge in [-0.3, -0.25) is 4.79 Å². The number of hydrogen-bond donors (Lipinski definition) is 0. The van der Waals surface area contributed by atoms with Crippen LogP contribution >= 0.6 is 0 Å². The molecule has 6 heteroatoms. The van der Waals surface area contributed by atoms with Crippen LogP contribution in [0.3, 0.4) is 0 Å². The van der Waals surface area contributed by atoms with Gasteiger partial charge in [-0.25, -0.2) is 14.4 Å². The Morgan fingerprint density at radius 3 is 2.67 bits per heavy atom. The number of nitrogens with zero attached hydrogens (tertiary/aromatic N) is 4. The van der Waals surface area contributed by atoms with Crippen molar-refractivity contribution in [1.29, 1.82) is 0 Å². The molecule has 1 atom stereocenters. The molecule has 1 unspecified atom stereocenters. The van der Waals surface area contributed by atoms with Crippen LogP contribution in [-0.2, 0) is 0 Å². The van der Waals surface area contributed by atoms with E-state index >= 15 is 0 Å². The molecule has 2 fully saturated rings. The summed E-state index contributed by atoms with van der Waals surface area (Å²) in [6, 6.07) is 6.73. The van der Waals surface area contributed by atoms with Gasteiger partial charge in [-0.05, 0) is 58.2 Å². The fourth-order valence-electron chi connectivity index (χ4n) is 4.81. The first-order valence-corrected chi connectivity index (χ1v) is 9.45. The lowest BCUT2D eigenvalue weighted by atomic mass is 9.87. The highest BCUT2D eigenvalue weighted by molar-refractivity contribution is 5.94. The van der Waals surface area contributed by atoms with E-state index in [1.807, 2.05) is 17.9 Å². The molecule has 2 aromatic rings. The summed E-state index contributed by atoms with van der Waals surface area (Å²) in [5.41, 5.74) is 0.997. The van der Waals surface area contributed by atoms with E-state index in [4.69, 9.17) is 0 Å². The van der Waals surface area contributed by atoms with Crippen molar-refractivity contribution in [3.8, 4) is 0 Å². The molecule has 142 valence electrons. The van der Waals surface area contributed by atoms with Crippen molar-refractivity contribution in [2.24, 2.45) is 0 Å². The number of anilines is 1. The smallest absolute Gasteiger partial charge is 0.257 e. The number of amides is 1. The van der Waals surface area contributed by atoms with Gasteiger partial charge in [0.05, 0.1) is 11.1 Å². The van der Waals surface area contributed by atoms with E-state index in [1.54, 1.807) is 24.5 Å². The van der Waals surface area contributed by atoms with E-state index < -0.39 is 0 Å². The number of likely N-dealkylation sites (tertiary alicyclic amines) is 1. The number of benzene rings is 1. The third-order valence-corrected chi connectivity index (χ3v) is 5.93. The Balaban J connectivity index is 1.66. The molecule has 1 aromatic heterocycles. The number of halogens is 1. The zero-order valence-corrected chi connectivity index (χ0v) is 16.1. The summed E-state index contributed by atoms with van der Waals surface area (Å²) in [6.07, 6.45) is 6.02. The van der Waals surface area contributed by atoms with E-state index in [1.165, 1.54) is 6.07 Å². The molecule has 0 saturated carbocycles. The van der Waals surface area contributed by atoms with Crippen LogP contribution in [-0.4, -0.2) is 44.9 Å². The van der Waals surface area contributed by atoms with Crippen LogP contribution < -0.4 is 4.90 Å². The summed E-state index contributed by atoms with van der Waals surface area (Å²) in [6.45, 7) is 7.59. The van der Waals surface area contributed by atoms with Crippen LogP contribution in [0.1, 0.15) is 49.3 Å². The summed E-state index contributed by atoms with van der Waals surface area (Å²) in [4.78, 5) is 25.8. The van der Waals surface area contributed by atoms with Crippen LogP contribution in [0.2, 0.25) is 0 Å². The molecule has 0 radical (unpaired) electrons. The van der Waals surface area contributed by atoms with Gasteiger partial charge in [-0.2, -0.15) is 0 Å². The molecule has 2 saturated heterocycles. The third-order valence-electron chi connectivity index (χ3n) is 5.93. The van der Waals surface area contributed by atoms with E-state index in [-0.39, 0.29) is 22.8 Å². The van der Waals surface area contributed by atoms with Crippen molar-refractivity contribution in [2.75, 3.05) is 18.0 Å². The zero-order valence-electron chi connectivity index (χ0n) is 16.1. The molecule has 4 rings (SSSR count). The molecule has 1 aromatic carbocycles. The summed E-state index contributed by atoms with van der Waals surface area (Å²) >= 11 is 0. The van der Waals surface area contributed by atoms with Gasteiger partial charge in [-0.1, -0.05) is 6.07 Å². The van der Waals surface area contributed by atoms with Crippen LogP contribution in [0.15, 0.2) is 36.7 Å². The van der Waals surface area contributed by atoms with E-state index in [0.29, 0.717) is 17.9 Å². The molecule has 0 N–H and O–H groups in total. The van der Waals surface area contributed by atoms with Gasteiger partial charge in [0.15, 0.2) is 0 Å². The molecule has 27 heavy (non-hydrogen) atoms. The molecule has 1 amide bonds. The largest absolute Gasteiger partial charge is 0.364 e. The average molecular weight is 368 g/mol. The van der Waals surface area contributed by atoms with Crippen molar-refractivity contribution in [1.82, 2.24) is 14.9 Å². The summed E-state index contributed by atoms with van der Waals surface area (Å²) in [5, 5.41) is 0. The van der Waals surface area contributed by atoms with Crippen LogP contribution in [0.25, 0.3) is 0 Å². The highest BCUT2D eigenvalue weighted by atomic mass is 19.1. The number of carbonyl (C=O) groups is 1. The maximum absolute atomic E-state index is 13.8. The Kier molecular flexibility index (Phi) is 4.17. The second-order valence-electron chi connectivity index (χ2n) is 8.36. The normalized spacial score (nSPS) is 24.0. The van der Waals surface area contributed by atoms with E-state index in [9.17, 15) is 9.18 Å². The molecular weight excluding hydrogens is 343 g/mol.